The van der Waals surface area contributed by atoms with Crippen LogP contribution in [0.15, 0.2) is 24.3 Å². The topological polar surface area (TPSA) is 64.8 Å². The second-order valence-electron chi connectivity index (χ2n) is 6.13. The molecule has 3 rings (SSSR count). The molecule has 0 aromatic heterocycles. The van der Waals surface area contributed by atoms with Crippen LogP contribution in [0, 0.1) is 10.1 Å². The van der Waals surface area contributed by atoms with Crippen molar-refractivity contribution in [2.24, 2.45) is 0 Å². The van der Waals surface area contributed by atoms with E-state index in [1.807, 2.05) is 12.1 Å². The van der Waals surface area contributed by atoms with E-state index >= 15 is 0 Å². The summed E-state index contributed by atoms with van der Waals surface area (Å²) in [5, 5.41) is 10.7. The third-order valence-electron chi connectivity index (χ3n) is 4.79. The van der Waals surface area contributed by atoms with Gasteiger partial charge in [0, 0.05) is 44.8 Å². The standard InChI is InChI=1S/C16H22N2O4/c1-13-16(7-10-21-13)12-17(9-11-22-16)8-6-14-2-4-15(5-3-14)18(19)20/h2-5,13H,6-12H2,1H3/t13-,16-/m0/s1. The minimum atomic E-state index is -0.364. The van der Waals surface area contributed by atoms with Crippen LogP contribution < -0.4 is 0 Å². The van der Waals surface area contributed by atoms with E-state index in [9.17, 15) is 10.1 Å². The SMILES string of the molecule is C[C@@H]1OCC[C@]12CN(CCc1ccc([N+](=O)[O-])cc1)CCO2. The Bertz CT molecular complexity index is 533. The van der Waals surface area contributed by atoms with Crippen molar-refractivity contribution in [2.75, 3.05) is 32.8 Å². The van der Waals surface area contributed by atoms with Gasteiger partial charge in [0.15, 0.2) is 0 Å². The molecule has 6 nitrogen and oxygen atoms in total. The molecular formula is C16H22N2O4. The smallest absolute Gasteiger partial charge is 0.269 e. The molecule has 2 atom stereocenters. The molecule has 2 fully saturated rings. The van der Waals surface area contributed by atoms with Gasteiger partial charge in [-0.25, -0.2) is 0 Å². The largest absolute Gasteiger partial charge is 0.375 e. The molecule has 0 saturated carbocycles. The Balaban J connectivity index is 1.56. The molecule has 1 aromatic rings. The van der Waals surface area contributed by atoms with E-state index in [2.05, 4.69) is 11.8 Å². The van der Waals surface area contributed by atoms with Gasteiger partial charge in [0.1, 0.15) is 5.60 Å². The fourth-order valence-corrected chi connectivity index (χ4v) is 3.30. The van der Waals surface area contributed by atoms with Crippen LogP contribution in [-0.2, 0) is 15.9 Å². The van der Waals surface area contributed by atoms with Gasteiger partial charge in [0.25, 0.3) is 5.69 Å². The van der Waals surface area contributed by atoms with E-state index in [4.69, 9.17) is 9.47 Å². The normalized spacial score (nSPS) is 29.0. The Labute approximate surface area is 130 Å². The van der Waals surface area contributed by atoms with E-state index in [0.29, 0.717) is 0 Å². The zero-order valence-corrected chi connectivity index (χ0v) is 12.9. The van der Waals surface area contributed by atoms with E-state index in [1.54, 1.807) is 12.1 Å². The molecule has 22 heavy (non-hydrogen) atoms. The molecule has 120 valence electrons. The number of nitrogens with zero attached hydrogens (tertiary/aromatic N) is 2. The lowest BCUT2D eigenvalue weighted by Crippen LogP contribution is -2.55. The van der Waals surface area contributed by atoms with E-state index < -0.39 is 0 Å². The number of hydrogen-bond acceptors (Lipinski definition) is 5. The summed E-state index contributed by atoms with van der Waals surface area (Å²) in [6, 6.07) is 6.83. The highest BCUT2D eigenvalue weighted by Crippen LogP contribution is 2.33. The average Bonchev–Trinajstić information content (AvgIpc) is 2.86. The zero-order valence-electron chi connectivity index (χ0n) is 12.9. The lowest BCUT2D eigenvalue weighted by atomic mass is 9.94. The summed E-state index contributed by atoms with van der Waals surface area (Å²) in [5.74, 6) is 0. The third-order valence-corrected chi connectivity index (χ3v) is 4.79. The van der Waals surface area contributed by atoms with Gasteiger partial charge in [0.05, 0.1) is 17.6 Å². The second-order valence-corrected chi connectivity index (χ2v) is 6.13. The summed E-state index contributed by atoms with van der Waals surface area (Å²) in [7, 11) is 0. The van der Waals surface area contributed by atoms with Gasteiger partial charge in [-0.15, -0.1) is 0 Å². The number of benzene rings is 1. The number of hydrogen-bond donors (Lipinski definition) is 0. The fourth-order valence-electron chi connectivity index (χ4n) is 3.30. The highest BCUT2D eigenvalue weighted by molar-refractivity contribution is 5.32. The molecule has 1 spiro atoms. The summed E-state index contributed by atoms with van der Waals surface area (Å²) in [6.07, 6.45) is 2.00. The molecule has 0 unspecified atom stereocenters. The Kier molecular flexibility index (Phi) is 4.42. The monoisotopic (exact) mass is 306 g/mol. The molecule has 0 radical (unpaired) electrons. The number of ether oxygens (including phenoxy) is 2. The van der Waals surface area contributed by atoms with Gasteiger partial charge in [-0.05, 0) is 18.9 Å². The number of non-ortho nitro benzene ring substituents is 1. The lowest BCUT2D eigenvalue weighted by molar-refractivity contribution is -0.384. The highest BCUT2D eigenvalue weighted by atomic mass is 16.6. The molecule has 6 heteroatoms. The number of nitro groups is 1. The van der Waals surface area contributed by atoms with Crippen LogP contribution in [0.5, 0.6) is 0 Å². The summed E-state index contributed by atoms with van der Waals surface area (Å²) in [5.41, 5.74) is 1.13. The van der Waals surface area contributed by atoms with Gasteiger partial charge in [-0.2, -0.15) is 0 Å². The third kappa shape index (κ3) is 3.14. The van der Waals surface area contributed by atoms with Crippen molar-refractivity contribution in [1.82, 2.24) is 4.90 Å². The summed E-state index contributed by atoms with van der Waals surface area (Å²) >= 11 is 0. The van der Waals surface area contributed by atoms with Crippen molar-refractivity contribution in [1.29, 1.82) is 0 Å². The number of morpholine rings is 1. The van der Waals surface area contributed by atoms with Crippen molar-refractivity contribution in [2.45, 2.75) is 31.5 Å². The van der Waals surface area contributed by atoms with Crippen molar-refractivity contribution in [3.05, 3.63) is 39.9 Å². The maximum Gasteiger partial charge on any atom is 0.269 e. The van der Waals surface area contributed by atoms with Crippen molar-refractivity contribution in [3.8, 4) is 0 Å². The van der Waals surface area contributed by atoms with E-state index in [1.165, 1.54) is 0 Å². The molecule has 0 amide bonds. The summed E-state index contributed by atoms with van der Waals surface area (Å²) in [6.45, 7) is 6.39. The van der Waals surface area contributed by atoms with Gasteiger partial charge < -0.3 is 9.47 Å². The molecule has 0 N–H and O–H groups in total. The van der Waals surface area contributed by atoms with Crippen LogP contribution in [0.1, 0.15) is 18.9 Å². The maximum atomic E-state index is 10.7. The molecule has 2 aliphatic rings. The Morgan fingerprint density at radius 1 is 1.36 bits per heavy atom. The van der Waals surface area contributed by atoms with Crippen LogP contribution in [0.2, 0.25) is 0 Å². The Morgan fingerprint density at radius 2 is 2.14 bits per heavy atom. The molecule has 2 saturated heterocycles. The predicted molar refractivity (Wildman–Crippen MR) is 82.0 cm³/mol. The van der Waals surface area contributed by atoms with Gasteiger partial charge in [-0.1, -0.05) is 12.1 Å². The summed E-state index contributed by atoms with van der Waals surface area (Å²) in [4.78, 5) is 12.7. The first-order chi connectivity index (χ1) is 10.6. The molecule has 2 aliphatic heterocycles. The van der Waals surface area contributed by atoms with Gasteiger partial charge >= 0.3 is 0 Å². The summed E-state index contributed by atoms with van der Waals surface area (Å²) < 4.78 is 11.7. The van der Waals surface area contributed by atoms with Crippen molar-refractivity contribution >= 4 is 5.69 Å². The van der Waals surface area contributed by atoms with Gasteiger partial charge in [0.2, 0.25) is 0 Å². The minimum absolute atomic E-state index is 0.144. The van der Waals surface area contributed by atoms with Crippen LogP contribution in [0.25, 0.3) is 0 Å². The first-order valence-electron chi connectivity index (χ1n) is 7.80. The van der Waals surface area contributed by atoms with Gasteiger partial charge in [-0.3, -0.25) is 15.0 Å². The quantitative estimate of drug-likeness (QED) is 0.629. The average molecular weight is 306 g/mol. The van der Waals surface area contributed by atoms with Crippen molar-refractivity contribution < 1.29 is 14.4 Å². The van der Waals surface area contributed by atoms with Crippen LogP contribution in [-0.4, -0.2) is 54.4 Å². The second kappa shape index (κ2) is 6.32. The van der Waals surface area contributed by atoms with Crippen LogP contribution >= 0.6 is 0 Å². The molecule has 1 aromatic carbocycles. The predicted octanol–water partition coefficient (Wildman–Crippen LogP) is 2.02. The number of nitro benzene ring substituents is 1. The highest BCUT2D eigenvalue weighted by Gasteiger charge is 2.45. The first-order valence-corrected chi connectivity index (χ1v) is 7.80. The van der Waals surface area contributed by atoms with Crippen molar-refractivity contribution in [3.63, 3.8) is 0 Å². The van der Waals surface area contributed by atoms with E-state index in [-0.39, 0.29) is 22.3 Å². The Morgan fingerprint density at radius 3 is 2.77 bits per heavy atom. The molecular weight excluding hydrogens is 284 g/mol. The van der Waals surface area contributed by atoms with Crippen LogP contribution in [0.3, 0.4) is 0 Å². The maximum absolute atomic E-state index is 10.7. The number of rotatable bonds is 4. The first kappa shape index (κ1) is 15.4. The van der Waals surface area contributed by atoms with E-state index in [0.717, 1.165) is 51.3 Å². The van der Waals surface area contributed by atoms with Crippen LogP contribution in [0.4, 0.5) is 5.69 Å². The minimum Gasteiger partial charge on any atom is -0.375 e. The Hall–Kier alpha value is -1.50. The lowest BCUT2D eigenvalue weighted by Gasteiger charge is -2.42. The molecule has 0 bridgehead atoms. The molecule has 2 heterocycles. The fraction of sp³-hybridized carbons (Fsp3) is 0.625. The molecule has 0 aliphatic carbocycles. The zero-order chi connectivity index (χ0) is 15.6.